The number of pyridine rings is 1. The van der Waals surface area contributed by atoms with E-state index in [0.717, 1.165) is 18.3 Å². The van der Waals surface area contributed by atoms with Gasteiger partial charge in [-0.2, -0.15) is 13.2 Å². The van der Waals surface area contributed by atoms with E-state index in [1.165, 1.54) is 0 Å². The van der Waals surface area contributed by atoms with Crippen LogP contribution in [0.3, 0.4) is 0 Å². The highest BCUT2D eigenvalue weighted by Crippen LogP contribution is 2.29. The van der Waals surface area contributed by atoms with Crippen LogP contribution in [0.4, 0.5) is 19.0 Å². The quantitative estimate of drug-likeness (QED) is 0.613. The third kappa shape index (κ3) is 3.33. The zero-order valence-electron chi connectivity index (χ0n) is 9.13. The van der Waals surface area contributed by atoms with Gasteiger partial charge >= 0.3 is 6.18 Å². The number of rotatable bonds is 1. The number of nitrogens with zero attached hydrogens (tertiary/aromatic N) is 2. The van der Waals surface area contributed by atoms with Crippen molar-refractivity contribution in [2.45, 2.75) is 18.2 Å². The van der Waals surface area contributed by atoms with Gasteiger partial charge in [0, 0.05) is 19.2 Å². The molecule has 1 aliphatic heterocycles. The predicted molar refractivity (Wildman–Crippen MR) is 62.6 cm³/mol. The van der Waals surface area contributed by atoms with Crippen molar-refractivity contribution in [2.75, 3.05) is 11.9 Å². The highest BCUT2D eigenvalue weighted by atomic mass is 35.5. The fraction of sp³-hybridized carbons (Fsp3) is 0.400. The zero-order valence-corrected chi connectivity index (χ0v) is 9.89. The summed E-state index contributed by atoms with van der Waals surface area (Å²) in [7, 11) is 0. The highest BCUT2D eigenvalue weighted by molar-refractivity contribution is 6.21. The van der Waals surface area contributed by atoms with Gasteiger partial charge < -0.3 is 5.32 Å². The lowest BCUT2D eigenvalue weighted by molar-refractivity contribution is -0.137. The van der Waals surface area contributed by atoms with Crippen LogP contribution < -0.4 is 10.6 Å². The topological polar surface area (TPSA) is 49.3 Å². The summed E-state index contributed by atoms with van der Waals surface area (Å²) in [4.78, 5) is 7.82. The van der Waals surface area contributed by atoms with Crippen LogP contribution in [0.5, 0.6) is 0 Å². The third-order valence-electron chi connectivity index (χ3n) is 2.30. The van der Waals surface area contributed by atoms with E-state index in [0.29, 0.717) is 18.8 Å². The maximum atomic E-state index is 12.5. The van der Waals surface area contributed by atoms with E-state index in [2.05, 4.69) is 20.6 Å². The van der Waals surface area contributed by atoms with Gasteiger partial charge in [0.1, 0.15) is 11.7 Å². The first-order chi connectivity index (χ1) is 8.45. The fourth-order valence-electron chi connectivity index (χ4n) is 1.47. The monoisotopic (exact) mass is 278 g/mol. The minimum Gasteiger partial charge on any atom is -0.329 e. The molecule has 0 bridgehead atoms. The minimum atomic E-state index is -4.38. The SMILES string of the molecule is FC(F)(F)c1ccnc(NC2=NC(Cl)NCC2)c1. The number of aliphatic imine (C=N–C) groups is 1. The van der Waals surface area contributed by atoms with Crippen LogP contribution in [0.1, 0.15) is 12.0 Å². The van der Waals surface area contributed by atoms with E-state index < -0.39 is 17.4 Å². The molecule has 0 fully saturated rings. The Morgan fingerprint density at radius 1 is 1.44 bits per heavy atom. The van der Waals surface area contributed by atoms with E-state index in [1.807, 2.05) is 0 Å². The molecule has 1 aromatic rings. The Balaban J connectivity index is 2.15. The summed E-state index contributed by atoms with van der Waals surface area (Å²) in [6.07, 6.45) is -2.73. The van der Waals surface area contributed by atoms with Crippen molar-refractivity contribution in [3.8, 4) is 0 Å². The Morgan fingerprint density at radius 3 is 2.89 bits per heavy atom. The van der Waals surface area contributed by atoms with Gasteiger partial charge in [0.25, 0.3) is 0 Å². The molecule has 1 atom stereocenters. The summed E-state index contributed by atoms with van der Waals surface area (Å²) in [5.41, 5.74) is -1.32. The Bertz CT molecular complexity index is 461. The number of hydrogen-bond acceptors (Lipinski definition) is 4. The number of halogens is 4. The Hall–Kier alpha value is -1.34. The first-order valence-corrected chi connectivity index (χ1v) is 5.63. The molecule has 0 radical (unpaired) electrons. The molecule has 2 N–H and O–H groups in total. The molecule has 0 aliphatic carbocycles. The molecule has 8 heteroatoms. The zero-order chi connectivity index (χ0) is 13.2. The van der Waals surface area contributed by atoms with Crippen molar-refractivity contribution in [2.24, 2.45) is 4.99 Å². The molecule has 0 aromatic carbocycles. The molecule has 4 nitrogen and oxygen atoms in total. The lowest BCUT2D eigenvalue weighted by Gasteiger charge is -2.18. The smallest absolute Gasteiger partial charge is 0.329 e. The van der Waals surface area contributed by atoms with Crippen molar-refractivity contribution in [3.63, 3.8) is 0 Å². The lowest BCUT2D eigenvalue weighted by atomic mass is 10.2. The first-order valence-electron chi connectivity index (χ1n) is 5.19. The highest BCUT2D eigenvalue weighted by Gasteiger charge is 2.30. The van der Waals surface area contributed by atoms with Gasteiger partial charge in [-0.3, -0.25) is 5.32 Å². The van der Waals surface area contributed by atoms with E-state index in [-0.39, 0.29) is 5.82 Å². The van der Waals surface area contributed by atoms with Gasteiger partial charge in [0.15, 0.2) is 5.62 Å². The largest absolute Gasteiger partial charge is 0.416 e. The normalized spacial score (nSPS) is 20.4. The van der Waals surface area contributed by atoms with Crippen molar-refractivity contribution in [1.82, 2.24) is 10.3 Å². The molecule has 0 spiro atoms. The Labute approximate surface area is 106 Å². The Morgan fingerprint density at radius 2 is 2.22 bits per heavy atom. The van der Waals surface area contributed by atoms with Crippen LogP contribution in [0, 0.1) is 0 Å². The van der Waals surface area contributed by atoms with Crippen LogP contribution in [0.25, 0.3) is 0 Å². The third-order valence-corrected chi connectivity index (χ3v) is 2.56. The van der Waals surface area contributed by atoms with Crippen LogP contribution in [-0.4, -0.2) is 23.0 Å². The molecular weight excluding hydrogens is 269 g/mol. The van der Waals surface area contributed by atoms with E-state index in [4.69, 9.17) is 11.6 Å². The van der Waals surface area contributed by atoms with Crippen LogP contribution in [0.2, 0.25) is 0 Å². The summed E-state index contributed by atoms with van der Waals surface area (Å²) in [5, 5.41) is 5.61. The van der Waals surface area contributed by atoms with Crippen molar-refractivity contribution in [1.29, 1.82) is 0 Å². The standard InChI is InChI=1S/C10H10ClF3N4/c11-9-16-4-2-7(18-9)17-8-5-6(1-3-15-8)10(12,13)14/h1,3,5,9,16H,2,4H2,(H,15,17,18). The molecule has 0 saturated heterocycles. The summed E-state index contributed by atoms with van der Waals surface area (Å²) < 4.78 is 37.5. The summed E-state index contributed by atoms with van der Waals surface area (Å²) in [6, 6.07) is 1.85. The van der Waals surface area contributed by atoms with Gasteiger partial charge in [0.05, 0.1) is 5.56 Å². The number of alkyl halides is 4. The number of hydrogen-bond donors (Lipinski definition) is 2. The number of anilines is 1. The second-order valence-corrected chi connectivity index (χ2v) is 4.08. The van der Waals surface area contributed by atoms with E-state index in [1.54, 1.807) is 0 Å². The van der Waals surface area contributed by atoms with Gasteiger partial charge in [-0.15, -0.1) is 0 Å². The molecule has 18 heavy (non-hydrogen) atoms. The molecular formula is C10H10ClF3N4. The minimum absolute atomic E-state index is 0.106. The van der Waals surface area contributed by atoms with Gasteiger partial charge in [0.2, 0.25) is 0 Å². The molecule has 0 amide bonds. The van der Waals surface area contributed by atoms with Crippen LogP contribution >= 0.6 is 11.6 Å². The van der Waals surface area contributed by atoms with Crippen LogP contribution in [0.15, 0.2) is 23.3 Å². The molecule has 2 heterocycles. The molecule has 1 aliphatic rings. The molecule has 1 aromatic heterocycles. The molecule has 98 valence electrons. The summed E-state index contributed by atoms with van der Waals surface area (Å²) in [5.74, 6) is 0.620. The van der Waals surface area contributed by atoms with Crippen molar-refractivity contribution >= 4 is 23.3 Å². The number of amidine groups is 1. The fourth-order valence-corrected chi connectivity index (χ4v) is 1.70. The summed E-state index contributed by atoms with van der Waals surface area (Å²) in [6.45, 7) is 0.610. The second-order valence-electron chi connectivity index (χ2n) is 3.67. The average molecular weight is 279 g/mol. The predicted octanol–water partition coefficient (Wildman–Crippen LogP) is 2.43. The molecule has 2 rings (SSSR count). The van der Waals surface area contributed by atoms with Gasteiger partial charge in [-0.1, -0.05) is 11.6 Å². The average Bonchev–Trinajstić information content (AvgIpc) is 2.28. The van der Waals surface area contributed by atoms with Crippen molar-refractivity contribution in [3.05, 3.63) is 23.9 Å². The van der Waals surface area contributed by atoms with Gasteiger partial charge in [-0.05, 0) is 12.1 Å². The molecule has 1 unspecified atom stereocenters. The second kappa shape index (κ2) is 5.11. The maximum Gasteiger partial charge on any atom is 0.416 e. The summed E-state index contributed by atoms with van der Waals surface area (Å²) >= 11 is 5.74. The lowest BCUT2D eigenvalue weighted by Crippen LogP contribution is -2.34. The van der Waals surface area contributed by atoms with Gasteiger partial charge in [-0.25, -0.2) is 9.98 Å². The van der Waals surface area contributed by atoms with Crippen LogP contribution in [-0.2, 0) is 6.18 Å². The van der Waals surface area contributed by atoms with Crippen molar-refractivity contribution < 1.29 is 13.2 Å². The first kappa shape index (κ1) is 13.1. The number of aromatic nitrogens is 1. The Kier molecular flexibility index (Phi) is 3.72. The van der Waals surface area contributed by atoms with E-state index >= 15 is 0 Å². The molecule has 0 saturated carbocycles. The van der Waals surface area contributed by atoms with E-state index in [9.17, 15) is 13.2 Å². The number of nitrogens with one attached hydrogen (secondary N) is 2. The maximum absolute atomic E-state index is 12.5.